The molecule has 2 aromatic rings. The van der Waals surface area contributed by atoms with Crippen molar-refractivity contribution >= 4 is 11.6 Å². The molecule has 5 nitrogen and oxygen atoms in total. The van der Waals surface area contributed by atoms with E-state index in [0.717, 1.165) is 11.3 Å². The smallest absolute Gasteiger partial charge is 0.307 e. The van der Waals surface area contributed by atoms with Gasteiger partial charge in [-0.15, -0.1) is 0 Å². The maximum Gasteiger partial charge on any atom is 0.307 e. The number of fused-ring (bicyclic) bond motifs is 1. The van der Waals surface area contributed by atoms with E-state index >= 15 is 0 Å². The average molecular weight is 219 g/mol. The molecular weight excluding hydrogens is 206 g/mol. The third-order valence-electron chi connectivity index (χ3n) is 2.44. The van der Waals surface area contributed by atoms with Crippen molar-refractivity contribution in [2.24, 2.45) is 5.73 Å². The van der Waals surface area contributed by atoms with Gasteiger partial charge in [0, 0.05) is 6.20 Å². The summed E-state index contributed by atoms with van der Waals surface area (Å²) in [6, 6.07) is 5.28. The SMILES string of the molecule is COC(=O)CC(N)c1cnc2ccccn12. The van der Waals surface area contributed by atoms with Crippen LogP contribution in [0.1, 0.15) is 18.2 Å². The van der Waals surface area contributed by atoms with Crippen molar-refractivity contribution in [1.82, 2.24) is 9.38 Å². The molecule has 0 aliphatic carbocycles. The van der Waals surface area contributed by atoms with Gasteiger partial charge in [0.1, 0.15) is 5.65 Å². The second-order valence-corrected chi connectivity index (χ2v) is 3.50. The second kappa shape index (κ2) is 4.32. The van der Waals surface area contributed by atoms with Crippen LogP contribution in [0.15, 0.2) is 30.6 Å². The van der Waals surface area contributed by atoms with Gasteiger partial charge in [0.2, 0.25) is 0 Å². The fourth-order valence-corrected chi connectivity index (χ4v) is 1.59. The summed E-state index contributed by atoms with van der Waals surface area (Å²) in [4.78, 5) is 15.3. The van der Waals surface area contributed by atoms with Crippen LogP contribution in [-0.4, -0.2) is 22.5 Å². The average Bonchev–Trinajstić information content (AvgIpc) is 2.72. The molecule has 2 heterocycles. The minimum absolute atomic E-state index is 0.152. The number of hydrogen-bond acceptors (Lipinski definition) is 4. The molecule has 2 aromatic heterocycles. The van der Waals surface area contributed by atoms with Crippen molar-refractivity contribution in [2.45, 2.75) is 12.5 Å². The van der Waals surface area contributed by atoms with E-state index in [4.69, 9.17) is 5.73 Å². The van der Waals surface area contributed by atoms with Crippen molar-refractivity contribution in [2.75, 3.05) is 7.11 Å². The molecule has 0 saturated heterocycles. The van der Waals surface area contributed by atoms with E-state index in [1.54, 1.807) is 6.20 Å². The summed E-state index contributed by atoms with van der Waals surface area (Å²) in [5.74, 6) is -0.321. The first-order chi connectivity index (χ1) is 7.72. The number of esters is 1. The maximum atomic E-state index is 11.1. The van der Waals surface area contributed by atoms with Gasteiger partial charge < -0.3 is 14.9 Å². The van der Waals surface area contributed by atoms with Crippen LogP contribution in [0.2, 0.25) is 0 Å². The fraction of sp³-hybridized carbons (Fsp3) is 0.273. The van der Waals surface area contributed by atoms with Gasteiger partial charge >= 0.3 is 5.97 Å². The minimum atomic E-state index is -0.398. The first kappa shape index (κ1) is 10.6. The largest absolute Gasteiger partial charge is 0.469 e. The molecule has 0 aliphatic rings. The minimum Gasteiger partial charge on any atom is -0.469 e. The molecule has 0 aromatic carbocycles. The second-order valence-electron chi connectivity index (χ2n) is 3.50. The van der Waals surface area contributed by atoms with Gasteiger partial charge in [-0.3, -0.25) is 4.79 Å². The molecule has 0 spiro atoms. The molecule has 0 fully saturated rings. The Bertz CT molecular complexity index is 507. The molecule has 2 rings (SSSR count). The van der Waals surface area contributed by atoms with Gasteiger partial charge in [-0.2, -0.15) is 0 Å². The van der Waals surface area contributed by atoms with Crippen molar-refractivity contribution in [3.05, 3.63) is 36.3 Å². The molecule has 0 amide bonds. The van der Waals surface area contributed by atoms with Gasteiger partial charge in [-0.05, 0) is 12.1 Å². The van der Waals surface area contributed by atoms with Crippen LogP contribution in [0.25, 0.3) is 5.65 Å². The van der Waals surface area contributed by atoms with E-state index in [9.17, 15) is 4.79 Å². The van der Waals surface area contributed by atoms with Crippen molar-refractivity contribution in [3.8, 4) is 0 Å². The molecule has 0 bridgehead atoms. The van der Waals surface area contributed by atoms with E-state index in [1.165, 1.54) is 7.11 Å². The Morgan fingerprint density at radius 3 is 3.19 bits per heavy atom. The number of carbonyl (C=O) groups is 1. The van der Waals surface area contributed by atoms with Gasteiger partial charge in [-0.1, -0.05) is 6.07 Å². The third-order valence-corrected chi connectivity index (χ3v) is 2.44. The van der Waals surface area contributed by atoms with E-state index in [2.05, 4.69) is 9.72 Å². The number of methoxy groups -OCH3 is 1. The lowest BCUT2D eigenvalue weighted by Gasteiger charge is -2.09. The van der Waals surface area contributed by atoms with Gasteiger partial charge in [0.25, 0.3) is 0 Å². The zero-order valence-corrected chi connectivity index (χ0v) is 8.96. The molecular formula is C11H13N3O2. The van der Waals surface area contributed by atoms with Crippen LogP contribution in [0.3, 0.4) is 0 Å². The Balaban J connectivity index is 2.29. The first-order valence-corrected chi connectivity index (χ1v) is 4.96. The highest BCUT2D eigenvalue weighted by atomic mass is 16.5. The summed E-state index contributed by atoms with van der Waals surface area (Å²) >= 11 is 0. The monoisotopic (exact) mass is 219 g/mol. The predicted molar refractivity (Wildman–Crippen MR) is 58.8 cm³/mol. The van der Waals surface area contributed by atoms with Gasteiger partial charge in [-0.25, -0.2) is 4.98 Å². The highest BCUT2D eigenvalue weighted by Gasteiger charge is 2.15. The molecule has 16 heavy (non-hydrogen) atoms. The lowest BCUT2D eigenvalue weighted by atomic mass is 10.1. The molecule has 0 saturated carbocycles. The number of nitrogens with zero attached hydrogens (tertiary/aromatic N) is 2. The zero-order chi connectivity index (χ0) is 11.5. The van der Waals surface area contributed by atoms with Crippen LogP contribution in [0.4, 0.5) is 0 Å². The van der Waals surface area contributed by atoms with Crippen LogP contribution >= 0.6 is 0 Å². The van der Waals surface area contributed by atoms with Gasteiger partial charge in [0.05, 0.1) is 31.5 Å². The van der Waals surface area contributed by atoms with Crippen LogP contribution < -0.4 is 5.73 Å². The molecule has 5 heteroatoms. The lowest BCUT2D eigenvalue weighted by Crippen LogP contribution is -2.17. The quantitative estimate of drug-likeness (QED) is 0.778. The highest BCUT2D eigenvalue weighted by Crippen LogP contribution is 2.16. The number of aromatic nitrogens is 2. The fourth-order valence-electron chi connectivity index (χ4n) is 1.59. The normalized spacial score (nSPS) is 12.6. The predicted octanol–water partition coefficient (Wildman–Crippen LogP) is 0.897. The number of imidazole rings is 1. The van der Waals surface area contributed by atoms with Crippen LogP contribution in [-0.2, 0) is 9.53 Å². The Morgan fingerprint density at radius 1 is 1.62 bits per heavy atom. The molecule has 0 radical (unpaired) electrons. The first-order valence-electron chi connectivity index (χ1n) is 4.96. The topological polar surface area (TPSA) is 69.6 Å². The molecule has 2 N–H and O–H groups in total. The number of carbonyl (C=O) groups excluding carboxylic acids is 1. The molecule has 1 unspecified atom stereocenters. The van der Waals surface area contributed by atoms with Gasteiger partial charge in [0.15, 0.2) is 0 Å². The van der Waals surface area contributed by atoms with Crippen molar-refractivity contribution < 1.29 is 9.53 Å². The van der Waals surface area contributed by atoms with Crippen LogP contribution in [0.5, 0.6) is 0 Å². The number of ether oxygens (including phenoxy) is 1. The van der Waals surface area contributed by atoms with Crippen molar-refractivity contribution in [1.29, 1.82) is 0 Å². The van der Waals surface area contributed by atoms with Crippen molar-refractivity contribution in [3.63, 3.8) is 0 Å². The summed E-state index contributed by atoms with van der Waals surface area (Å²) < 4.78 is 6.45. The summed E-state index contributed by atoms with van der Waals surface area (Å²) in [5, 5.41) is 0. The molecule has 0 aliphatic heterocycles. The zero-order valence-electron chi connectivity index (χ0n) is 8.96. The summed E-state index contributed by atoms with van der Waals surface area (Å²) in [7, 11) is 1.35. The maximum absolute atomic E-state index is 11.1. The number of hydrogen-bond donors (Lipinski definition) is 1. The van der Waals surface area contributed by atoms with E-state index in [1.807, 2.05) is 28.8 Å². The highest BCUT2D eigenvalue weighted by molar-refractivity contribution is 5.70. The Morgan fingerprint density at radius 2 is 2.44 bits per heavy atom. The van der Waals surface area contributed by atoms with E-state index in [-0.39, 0.29) is 12.4 Å². The number of nitrogens with two attached hydrogens (primary N) is 1. The Kier molecular flexibility index (Phi) is 2.87. The third kappa shape index (κ3) is 1.90. The number of pyridine rings is 1. The Labute approximate surface area is 92.8 Å². The Hall–Kier alpha value is -1.88. The molecule has 1 atom stereocenters. The summed E-state index contributed by atoms with van der Waals surface area (Å²) in [5.41, 5.74) is 7.54. The van der Waals surface area contributed by atoms with E-state index in [0.29, 0.717) is 0 Å². The van der Waals surface area contributed by atoms with E-state index < -0.39 is 6.04 Å². The number of rotatable bonds is 3. The molecule has 84 valence electrons. The summed E-state index contributed by atoms with van der Waals surface area (Å²) in [6.07, 6.45) is 3.71. The lowest BCUT2D eigenvalue weighted by molar-refractivity contribution is -0.141. The summed E-state index contributed by atoms with van der Waals surface area (Å²) in [6.45, 7) is 0. The van der Waals surface area contributed by atoms with Crippen LogP contribution in [0, 0.1) is 0 Å². The standard InChI is InChI=1S/C11H13N3O2/c1-16-11(15)6-8(12)9-7-13-10-4-2-3-5-14(9)10/h2-5,7-8H,6,12H2,1H3.